The molecule has 1 fully saturated rings. The maximum absolute atomic E-state index is 13.5. The average molecular weight is 722 g/mol. The number of hydrogen-bond acceptors (Lipinski definition) is 10. The molecule has 2 aromatic carbocycles. The number of aliphatic hydroxyl groups excluding tert-OH is 1. The number of carbonyl (C=O) groups excluding carboxylic acids is 3. The highest BCUT2D eigenvalue weighted by atomic mass is 16.6. The number of nitrogens with zero attached hydrogens (tertiary/aromatic N) is 4. The summed E-state index contributed by atoms with van der Waals surface area (Å²) in [6.45, 7) is 8.85. The van der Waals surface area contributed by atoms with Gasteiger partial charge in [-0.1, -0.05) is 6.07 Å². The summed E-state index contributed by atoms with van der Waals surface area (Å²) in [6.07, 6.45) is 2.77. The van der Waals surface area contributed by atoms with Gasteiger partial charge in [0.15, 0.2) is 5.72 Å². The number of imidazole rings is 1. The summed E-state index contributed by atoms with van der Waals surface area (Å²) >= 11 is 0. The molecular formula is C38H51N5O9. The van der Waals surface area contributed by atoms with E-state index >= 15 is 0 Å². The second-order valence-electron chi connectivity index (χ2n) is 14.5. The van der Waals surface area contributed by atoms with E-state index in [0.717, 1.165) is 30.0 Å². The highest BCUT2D eigenvalue weighted by molar-refractivity contribution is 6.00. The van der Waals surface area contributed by atoms with Crippen molar-refractivity contribution in [2.24, 2.45) is 13.0 Å². The Morgan fingerprint density at radius 1 is 1.15 bits per heavy atom. The Hall–Kier alpha value is -4.66. The van der Waals surface area contributed by atoms with Crippen LogP contribution in [0.15, 0.2) is 48.9 Å². The second kappa shape index (κ2) is 16.3. The lowest BCUT2D eigenvalue weighted by Crippen LogP contribution is -2.64. The SMILES string of the molecule is CCOc1cc(C(=O)N(C)CC2CCCOC2)ccc1C(=O)NC[C@@H](O)[C@@]1(O)Cc2ccc(OCc3cncn3C)cc2CN1C(=O)OC(C)(C)C. The van der Waals surface area contributed by atoms with Crippen LogP contribution >= 0.6 is 0 Å². The molecule has 1 saturated heterocycles. The second-order valence-corrected chi connectivity index (χ2v) is 14.5. The van der Waals surface area contributed by atoms with Gasteiger partial charge in [-0.3, -0.25) is 14.5 Å². The topological polar surface area (TPSA) is 165 Å². The summed E-state index contributed by atoms with van der Waals surface area (Å²) in [6, 6.07) is 9.95. The highest BCUT2D eigenvalue weighted by Crippen LogP contribution is 2.35. The van der Waals surface area contributed by atoms with Gasteiger partial charge in [-0.25, -0.2) is 9.78 Å². The summed E-state index contributed by atoms with van der Waals surface area (Å²) < 4.78 is 24.8. The maximum Gasteiger partial charge on any atom is 0.412 e. The number of aryl methyl sites for hydroxylation is 1. The molecule has 52 heavy (non-hydrogen) atoms. The summed E-state index contributed by atoms with van der Waals surface area (Å²) in [7, 11) is 3.61. The van der Waals surface area contributed by atoms with Gasteiger partial charge in [-0.15, -0.1) is 0 Å². The van der Waals surface area contributed by atoms with E-state index in [9.17, 15) is 24.6 Å². The highest BCUT2D eigenvalue weighted by Gasteiger charge is 2.49. The molecule has 3 aromatic rings. The van der Waals surface area contributed by atoms with Crippen molar-refractivity contribution in [2.75, 3.05) is 40.0 Å². The van der Waals surface area contributed by atoms with E-state index in [-0.39, 0.29) is 49.3 Å². The zero-order valence-electron chi connectivity index (χ0n) is 30.9. The van der Waals surface area contributed by atoms with Crippen molar-refractivity contribution in [3.05, 3.63) is 76.9 Å². The van der Waals surface area contributed by atoms with Crippen LogP contribution in [-0.2, 0) is 36.1 Å². The fourth-order valence-electron chi connectivity index (χ4n) is 6.42. The number of hydrogen-bond donors (Lipinski definition) is 3. The number of ether oxygens (including phenoxy) is 4. The normalized spacial score (nSPS) is 19.3. The molecule has 3 N–H and O–H groups in total. The number of fused-ring (bicyclic) bond motifs is 1. The van der Waals surface area contributed by atoms with Gasteiger partial charge < -0.3 is 43.9 Å². The Morgan fingerprint density at radius 2 is 1.94 bits per heavy atom. The zero-order chi connectivity index (χ0) is 37.6. The Morgan fingerprint density at radius 3 is 2.62 bits per heavy atom. The van der Waals surface area contributed by atoms with E-state index in [2.05, 4.69) is 10.3 Å². The number of aliphatic hydroxyl groups is 2. The number of nitrogens with one attached hydrogen (secondary N) is 1. The van der Waals surface area contributed by atoms with Crippen LogP contribution in [0.25, 0.3) is 0 Å². The fourth-order valence-corrected chi connectivity index (χ4v) is 6.42. The molecule has 2 aliphatic rings. The van der Waals surface area contributed by atoms with Crippen molar-refractivity contribution in [3.8, 4) is 11.5 Å². The third-order valence-electron chi connectivity index (χ3n) is 9.24. The van der Waals surface area contributed by atoms with Crippen molar-refractivity contribution >= 4 is 17.9 Å². The molecule has 5 rings (SSSR count). The number of carbonyl (C=O) groups is 3. The molecule has 14 heteroatoms. The molecule has 3 atom stereocenters. The monoisotopic (exact) mass is 721 g/mol. The Kier molecular flexibility index (Phi) is 12.1. The van der Waals surface area contributed by atoms with E-state index in [1.54, 1.807) is 76.4 Å². The van der Waals surface area contributed by atoms with Crippen LogP contribution in [0.1, 0.15) is 78.1 Å². The number of aromatic nitrogens is 2. The lowest BCUT2D eigenvalue weighted by molar-refractivity contribution is -0.177. The van der Waals surface area contributed by atoms with Gasteiger partial charge in [0.2, 0.25) is 0 Å². The van der Waals surface area contributed by atoms with E-state index < -0.39 is 36.0 Å². The molecular weight excluding hydrogens is 670 g/mol. The van der Waals surface area contributed by atoms with Gasteiger partial charge in [-0.05, 0) is 87.9 Å². The molecule has 3 amide bonds. The first kappa shape index (κ1) is 38.6. The fraction of sp³-hybridized carbons (Fsp3) is 0.526. The lowest BCUT2D eigenvalue weighted by Gasteiger charge is -2.46. The third kappa shape index (κ3) is 9.22. The van der Waals surface area contributed by atoms with Crippen molar-refractivity contribution < 1.29 is 43.5 Å². The van der Waals surface area contributed by atoms with E-state index in [4.69, 9.17) is 18.9 Å². The first-order chi connectivity index (χ1) is 24.7. The lowest BCUT2D eigenvalue weighted by atomic mass is 9.87. The van der Waals surface area contributed by atoms with Gasteiger partial charge >= 0.3 is 6.09 Å². The van der Waals surface area contributed by atoms with Gasteiger partial charge in [0.05, 0.1) is 43.5 Å². The Bertz CT molecular complexity index is 1730. The van der Waals surface area contributed by atoms with Crippen LogP contribution in [0.4, 0.5) is 4.79 Å². The average Bonchev–Trinajstić information content (AvgIpc) is 3.52. The molecule has 282 valence electrons. The molecule has 14 nitrogen and oxygen atoms in total. The van der Waals surface area contributed by atoms with Crippen molar-refractivity contribution in [3.63, 3.8) is 0 Å². The van der Waals surface area contributed by atoms with Crippen molar-refractivity contribution in [1.82, 2.24) is 24.7 Å². The minimum Gasteiger partial charge on any atom is -0.493 e. The molecule has 1 unspecified atom stereocenters. The summed E-state index contributed by atoms with van der Waals surface area (Å²) in [5.41, 5.74) is -0.214. The van der Waals surface area contributed by atoms with Gasteiger partial charge in [0.1, 0.15) is 29.8 Å². The minimum atomic E-state index is -2.13. The molecule has 0 spiro atoms. The van der Waals surface area contributed by atoms with Crippen LogP contribution in [0, 0.1) is 5.92 Å². The van der Waals surface area contributed by atoms with E-state index in [1.165, 1.54) is 12.1 Å². The van der Waals surface area contributed by atoms with Crippen LogP contribution < -0.4 is 14.8 Å². The number of amides is 3. The molecule has 1 aromatic heterocycles. The zero-order valence-corrected chi connectivity index (χ0v) is 30.9. The third-order valence-corrected chi connectivity index (χ3v) is 9.24. The minimum absolute atomic E-state index is 0.0825. The molecule has 2 aliphatic heterocycles. The smallest absolute Gasteiger partial charge is 0.412 e. The van der Waals surface area contributed by atoms with Crippen LogP contribution in [0.5, 0.6) is 11.5 Å². The van der Waals surface area contributed by atoms with Crippen LogP contribution in [0.2, 0.25) is 0 Å². The molecule has 0 aliphatic carbocycles. The Balaban J connectivity index is 1.30. The summed E-state index contributed by atoms with van der Waals surface area (Å²) in [4.78, 5) is 47.1. The summed E-state index contributed by atoms with van der Waals surface area (Å²) in [5, 5.41) is 26.2. The van der Waals surface area contributed by atoms with Crippen molar-refractivity contribution in [1.29, 1.82) is 0 Å². The molecule has 0 saturated carbocycles. The van der Waals surface area contributed by atoms with Crippen LogP contribution in [-0.4, -0.2) is 105 Å². The maximum atomic E-state index is 13.5. The first-order valence-corrected chi connectivity index (χ1v) is 17.7. The summed E-state index contributed by atoms with van der Waals surface area (Å²) in [5.74, 6) is 0.233. The largest absolute Gasteiger partial charge is 0.493 e. The number of rotatable bonds is 12. The first-order valence-electron chi connectivity index (χ1n) is 17.7. The predicted octanol–water partition coefficient (Wildman–Crippen LogP) is 3.67. The Labute approximate surface area is 304 Å². The molecule has 0 radical (unpaired) electrons. The van der Waals surface area contributed by atoms with Gasteiger partial charge in [-0.2, -0.15) is 0 Å². The standard InChI is InChI=1S/C38H51N5O9/c1-7-50-32-16-26(35(46)41(5)20-25-9-8-14-49-22-25)11-13-31(32)34(45)40-19-33(44)38(48)17-27-10-12-30(51-23-29-18-39-24-42(29)6)15-28(27)21-43(38)36(47)52-37(2,3)4/h10-13,15-16,18,24-25,33,44,48H,7-9,14,17,19-23H2,1-6H3,(H,40,45)/t25?,33-,38+/m1/s1. The van der Waals surface area contributed by atoms with Gasteiger partial charge in [0, 0.05) is 45.8 Å². The van der Waals surface area contributed by atoms with Crippen LogP contribution in [0.3, 0.4) is 0 Å². The van der Waals surface area contributed by atoms with E-state index in [1.807, 2.05) is 11.6 Å². The number of benzene rings is 2. The molecule has 0 bridgehead atoms. The van der Waals surface area contributed by atoms with Gasteiger partial charge in [0.25, 0.3) is 11.8 Å². The molecule has 3 heterocycles. The predicted molar refractivity (Wildman–Crippen MR) is 191 cm³/mol. The van der Waals surface area contributed by atoms with E-state index in [0.29, 0.717) is 35.6 Å². The van der Waals surface area contributed by atoms with Crippen molar-refractivity contribution in [2.45, 2.75) is 77.5 Å². The quantitative estimate of drug-likeness (QED) is 0.251.